The molecule has 0 rings (SSSR count). The second-order valence-electron chi connectivity index (χ2n) is 1.94. The predicted molar refractivity (Wildman–Crippen MR) is 43.6 cm³/mol. The van der Waals surface area contributed by atoms with E-state index in [0.29, 0.717) is 6.42 Å². The van der Waals surface area contributed by atoms with Crippen LogP contribution in [0.3, 0.4) is 0 Å². The highest BCUT2D eigenvalue weighted by Crippen LogP contribution is 1.96. The average Bonchev–Trinajstić information content (AvgIpc) is 1.98. The molecule has 0 amide bonds. The lowest BCUT2D eigenvalue weighted by Gasteiger charge is -1.98. The third-order valence-corrected chi connectivity index (χ3v) is 1.16. The van der Waals surface area contributed by atoms with E-state index in [1.165, 1.54) is 13.1 Å². The Balaban J connectivity index is 4.62. The van der Waals surface area contributed by atoms with E-state index in [9.17, 15) is 4.79 Å². The summed E-state index contributed by atoms with van der Waals surface area (Å²) in [5, 5.41) is 8.58. The molecule has 11 heavy (non-hydrogen) atoms. The minimum atomic E-state index is -1.03. The summed E-state index contributed by atoms with van der Waals surface area (Å²) in [6.07, 6.45) is 2.17. The SMILES string of the molecule is CC/C=C(C(=O)O)\C(N)=N/C. The number of allylic oxidation sites excluding steroid dienone is 1. The van der Waals surface area contributed by atoms with Gasteiger partial charge in [0.25, 0.3) is 0 Å². The Labute approximate surface area is 65.4 Å². The molecule has 0 unspecified atom stereocenters. The maximum atomic E-state index is 10.5. The molecular formula is C7H12N2O2. The number of hydrogen-bond acceptors (Lipinski definition) is 2. The molecule has 0 bridgehead atoms. The van der Waals surface area contributed by atoms with Gasteiger partial charge in [-0.3, -0.25) is 4.99 Å². The first kappa shape index (κ1) is 9.68. The third kappa shape index (κ3) is 2.84. The van der Waals surface area contributed by atoms with Gasteiger partial charge in [-0.2, -0.15) is 0 Å². The molecule has 0 aromatic rings. The van der Waals surface area contributed by atoms with Crippen molar-refractivity contribution in [3.05, 3.63) is 11.6 Å². The van der Waals surface area contributed by atoms with Crippen LogP contribution in [0.1, 0.15) is 13.3 Å². The molecule has 0 aromatic carbocycles. The number of nitrogens with two attached hydrogens (primary N) is 1. The van der Waals surface area contributed by atoms with Crippen molar-refractivity contribution in [3.63, 3.8) is 0 Å². The molecule has 0 atom stereocenters. The summed E-state index contributed by atoms with van der Waals surface area (Å²) in [6, 6.07) is 0. The van der Waals surface area contributed by atoms with Crippen molar-refractivity contribution in [2.24, 2.45) is 10.7 Å². The maximum absolute atomic E-state index is 10.5. The Morgan fingerprint density at radius 1 is 1.73 bits per heavy atom. The lowest BCUT2D eigenvalue weighted by Crippen LogP contribution is -2.20. The summed E-state index contributed by atoms with van der Waals surface area (Å²) in [5.41, 5.74) is 5.38. The molecule has 0 saturated carbocycles. The highest BCUT2D eigenvalue weighted by atomic mass is 16.4. The summed E-state index contributed by atoms with van der Waals surface area (Å²) < 4.78 is 0. The van der Waals surface area contributed by atoms with E-state index in [4.69, 9.17) is 10.8 Å². The van der Waals surface area contributed by atoms with E-state index < -0.39 is 5.97 Å². The molecule has 0 heterocycles. The van der Waals surface area contributed by atoms with Crippen LogP contribution < -0.4 is 5.73 Å². The second-order valence-corrected chi connectivity index (χ2v) is 1.94. The molecular weight excluding hydrogens is 144 g/mol. The van der Waals surface area contributed by atoms with Gasteiger partial charge in [0.15, 0.2) is 0 Å². The quantitative estimate of drug-likeness (QED) is 0.352. The van der Waals surface area contributed by atoms with Gasteiger partial charge in [0.05, 0.1) is 5.57 Å². The fraction of sp³-hybridized carbons (Fsp3) is 0.429. The van der Waals surface area contributed by atoms with Crippen LogP contribution in [0.15, 0.2) is 16.6 Å². The summed E-state index contributed by atoms with van der Waals surface area (Å²) >= 11 is 0. The molecule has 0 saturated heterocycles. The van der Waals surface area contributed by atoms with E-state index in [0.717, 1.165) is 0 Å². The number of carboxylic acid groups (broad SMARTS) is 1. The van der Waals surface area contributed by atoms with Crippen molar-refractivity contribution in [3.8, 4) is 0 Å². The first-order chi connectivity index (χ1) is 5.13. The topological polar surface area (TPSA) is 75.7 Å². The fourth-order valence-electron chi connectivity index (χ4n) is 0.626. The van der Waals surface area contributed by atoms with Gasteiger partial charge in [0.2, 0.25) is 0 Å². The molecule has 4 heteroatoms. The summed E-state index contributed by atoms with van der Waals surface area (Å²) in [6.45, 7) is 1.84. The number of rotatable bonds is 3. The van der Waals surface area contributed by atoms with Crippen LogP contribution in [0.5, 0.6) is 0 Å². The summed E-state index contributed by atoms with van der Waals surface area (Å²) in [4.78, 5) is 14.0. The number of aliphatic carboxylic acids is 1. The van der Waals surface area contributed by atoms with Gasteiger partial charge < -0.3 is 10.8 Å². The lowest BCUT2D eigenvalue weighted by molar-refractivity contribution is -0.132. The first-order valence-electron chi connectivity index (χ1n) is 3.29. The normalized spacial score (nSPS) is 13.3. The molecule has 0 aliphatic carbocycles. The number of nitrogens with zero attached hydrogens (tertiary/aromatic N) is 1. The van der Waals surface area contributed by atoms with Gasteiger partial charge in [-0.15, -0.1) is 0 Å². The number of carboxylic acids is 1. The zero-order valence-electron chi connectivity index (χ0n) is 6.66. The molecule has 0 radical (unpaired) electrons. The van der Waals surface area contributed by atoms with Gasteiger partial charge in [-0.1, -0.05) is 13.0 Å². The van der Waals surface area contributed by atoms with E-state index in [2.05, 4.69) is 4.99 Å². The van der Waals surface area contributed by atoms with Crippen LogP contribution in [0.25, 0.3) is 0 Å². The molecule has 0 aromatic heterocycles. The van der Waals surface area contributed by atoms with Gasteiger partial charge >= 0.3 is 5.97 Å². The maximum Gasteiger partial charge on any atom is 0.339 e. The molecule has 4 nitrogen and oxygen atoms in total. The third-order valence-electron chi connectivity index (χ3n) is 1.16. The van der Waals surface area contributed by atoms with Gasteiger partial charge in [0, 0.05) is 7.05 Å². The summed E-state index contributed by atoms with van der Waals surface area (Å²) in [7, 11) is 1.46. The molecule has 62 valence electrons. The minimum Gasteiger partial charge on any atom is -0.478 e. The van der Waals surface area contributed by atoms with Crippen LogP contribution in [0.4, 0.5) is 0 Å². The van der Waals surface area contributed by atoms with Gasteiger partial charge in [0.1, 0.15) is 5.84 Å². The fourth-order valence-corrected chi connectivity index (χ4v) is 0.626. The zero-order chi connectivity index (χ0) is 8.85. The molecule has 0 aliphatic heterocycles. The van der Waals surface area contributed by atoms with E-state index in [1.54, 1.807) is 0 Å². The van der Waals surface area contributed by atoms with Crippen molar-refractivity contribution in [1.82, 2.24) is 0 Å². The van der Waals surface area contributed by atoms with Crippen molar-refractivity contribution >= 4 is 11.8 Å². The Kier molecular flexibility index (Phi) is 3.95. The van der Waals surface area contributed by atoms with Crippen molar-refractivity contribution in [2.45, 2.75) is 13.3 Å². The smallest absolute Gasteiger partial charge is 0.339 e. The Morgan fingerprint density at radius 2 is 2.27 bits per heavy atom. The van der Waals surface area contributed by atoms with Crippen LogP contribution in [-0.4, -0.2) is 24.0 Å². The lowest BCUT2D eigenvalue weighted by atomic mass is 10.2. The highest BCUT2D eigenvalue weighted by molar-refractivity contribution is 6.17. The van der Waals surface area contributed by atoms with E-state index >= 15 is 0 Å². The standard InChI is InChI=1S/C7H12N2O2/c1-3-4-5(7(10)11)6(8)9-2/h4H,3H2,1-2H3,(H2,8,9)(H,10,11)/b5-4+. The summed E-state index contributed by atoms with van der Waals surface area (Å²) in [5.74, 6) is -0.964. The predicted octanol–water partition coefficient (Wildman–Crippen LogP) is 0.394. The molecule has 0 aliphatic rings. The monoisotopic (exact) mass is 156 g/mol. The van der Waals surface area contributed by atoms with Gasteiger partial charge in [-0.25, -0.2) is 4.79 Å². The minimum absolute atomic E-state index is 0.0688. The second kappa shape index (κ2) is 4.49. The highest BCUT2D eigenvalue weighted by Gasteiger charge is 2.09. The molecule has 0 fully saturated rings. The number of carbonyl (C=O) groups is 1. The van der Waals surface area contributed by atoms with Crippen LogP contribution in [0, 0.1) is 0 Å². The number of amidine groups is 1. The van der Waals surface area contributed by atoms with E-state index in [-0.39, 0.29) is 11.4 Å². The molecule has 3 N–H and O–H groups in total. The number of hydrogen-bond donors (Lipinski definition) is 2. The largest absolute Gasteiger partial charge is 0.478 e. The van der Waals surface area contributed by atoms with Crippen LogP contribution >= 0.6 is 0 Å². The Morgan fingerprint density at radius 3 is 2.55 bits per heavy atom. The van der Waals surface area contributed by atoms with Crippen LogP contribution in [-0.2, 0) is 4.79 Å². The average molecular weight is 156 g/mol. The van der Waals surface area contributed by atoms with Crippen molar-refractivity contribution < 1.29 is 9.90 Å². The van der Waals surface area contributed by atoms with Crippen LogP contribution in [0.2, 0.25) is 0 Å². The van der Waals surface area contributed by atoms with Crippen molar-refractivity contribution in [2.75, 3.05) is 7.05 Å². The molecule has 0 spiro atoms. The number of aliphatic imine (C=N–C) groups is 1. The van der Waals surface area contributed by atoms with E-state index in [1.807, 2.05) is 6.92 Å². The zero-order valence-corrected chi connectivity index (χ0v) is 6.66. The Hall–Kier alpha value is -1.32. The Bertz CT molecular complexity index is 206. The van der Waals surface area contributed by atoms with Crippen molar-refractivity contribution in [1.29, 1.82) is 0 Å². The van der Waals surface area contributed by atoms with Gasteiger partial charge in [-0.05, 0) is 6.42 Å². The first-order valence-corrected chi connectivity index (χ1v) is 3.29.